The Morgan fingerprint density at radius 2 is 1.66 bits per heavy atom. The number of benzene rings is 3. The first-order valence-corrected chi connectivity index (χ1v) is 25.8. The number of unbranched alkanes of at least 4 members (excludes halogenated alkanes) is 2. The SMILES string of the molecule is COc1cc(N2CCN(CCCCCNc3ccc4c(c3)C(=O)N(C3CCC(=O)NC3=O)C4=O)CC2)c(-c2cnn(C)c2)cc1Nc1ncc(Br)c(Nc2ccc3nccnc3c2P(C)(C)=O)n1. The third-order valence-corrected chi connectivity index (χ3v) is 14.5. The number of aromatic nitrogens is 6. The molecule has 9 rings (SSSR count). The molecule has 1 unspecified atom stereocenters. The van der Waals surface area contributed by atoms with Crippen molar-refractivity contribution in [3.63, 3.8) is 0 Å². The van der Waals surface area contributed by atoms with E-state index in [2.05, 4.69) is 73.1 Å². The third kappa shape index (κ3) is 9.66. The number of halogens is 1. The van der Waals surface area contributed by atoms with Gasteiger partial charge in [0.2, 0.25) is 17.8 Å². The fraction of sp³-hybridized carbons (Fsp3) is 0.340. The molecule has 3 aliphatic rings. The summed E-state index contributed by atoms with van der Waals surface area (Å²) in [6, 6.07) is 11.9. The zero-order chi connectivity index (χ0) is 47.7. The van der Waals surface area contributed by atoms with Crippen LogP contribution in [0.3, 0.4) is 0 Å². The fourth-order valence-corrected chi connectivity index (χ4v) is 10.7. The lowest BCUT2D eigenvalue weighted by Crippen LogP contribution is -2.54. The van der Waals surface area contributed by atoms with Crippen molar-refractivity contribution in [1.82, 2.24) is 44.8 Å². The van der Waals surface area contributed by atoms with E-state index in [9.17, 15) is 23.7 Å². The molecule has 0 saturated carbocycles. The van der Waals surface area contributed by atoms with Crippen LogP contribution in [0.5, 0.6) is 5.75 Å². The van der Waals surface area contributed by atoms with Crippen LogP contribution in [0.4, 0.5) is 34.5 Å². The van der Waals surface area contributed by atoms with E-state index < -0.39 is 36.8 Å². The van der Waals surface area contributed by atoms with Crippen molar-refractivity contribution in [2.75, 3.05) is 80.6 Å². The average molecular weight is 1000 g/mol. The van der Waals surface area contributed by atoms with Gasteiger partial charge in [0.1, 0.15) is 30.3 Å². The number of hydrogen-bond donors (Lipinski definition) is 4. The first-order valence-electron chi connectivity index (χ1n) is 22.4. The van der Waals surface area contributed by atoms with Gasteiger partial charge < -0.3 is 30.2 Å². The molecule has 1 atom stereocenters. The molecule has 19 nitrogen and oxygen atoms in total. The van der Waals surface area contributed by atoms with Crippen molar-refractivity contribution < 1.29 is 28.5 Å². The number of ether oxygens (including phenoxy) is 1. The molecule has 0 spiro atoms. The Hall–Kier alpha value is -6.76. The van der Waals surface area contributed by atoms with Crippen molar-refractivity contribution >= 4 is 97.6 Å². The van der Waals surface area contributed by atoms with Crippen molar-refractivity contribution in [2.24, 2.45) is 7.05 Å². The Morgan fingerprint density at radius 3 is 2.41 bits per heavy atom. The lowest BCUT2D eigenvalue weighted by Gasteiger charge is -2.37. The molecule has 68 heavy (non-hydrogen) atoms. The molecule has 6 heterocycles. The van der Waals surface area contributed by atoms with Crippen LogP contribution in [0.15, 0.2) is 77.9 Å². The van der Waals surface area contributed by atoms with E-state index >= 15 is 0 Å². The maximum Gasteiger partial charge on any atom is 0.262 e. The molecule has 3 aliphatic heterocycles. The van der Waals surface area contributed by atoms with Crippen LogP contribution in [0.25, 0.3) is 22.2 Å². The number of imide groups is 2. The molecule has 4 amide bonds. The van der Waals surface area contributed by atoms with Crippen LogP contribution in [-0.2, 0) is 21.2 Å². The summed E-state index contributed by atoms with van der Waals surface area (Å²) in [7, 11) is 0.725. The van der Waals surface area contributed by atoms with Crippen molar-refractivity contribution in [3.8, 4) is 16.9 Å². The van der Waals surface area contributed by atoms with Gasteiger partial charge in [-0.05, 0) is 91.5 Å². The predicted molar refractivity (Wildman–Crippen MR) is 264 cm³/mol. The minimum atomic E-state index is -2.81. The number of nitrogens with one attached hydrogen (secondary N) is 4. The average Bonchev–Trinajstić information content (AvgIpc) is 3.86. The standard InChI is InChI=1S/C47H51BrN13O6P/c1-58-27-28(25-53-58)31-23-36(55-47-52-26-33(48)43(57-47)54-35-11-10-34-41(51-16-15-50-34)42(35)68(3,4)66)39(67-2)24-38(31)60-20-18-59(19-21-60)17-7-5-6-14-49-29-8-9-30-32(22-29)46(65)61(45(30)64)37-12-13-40(62)56-44(37)63/h8-11,15-16,22-27,37,49H,5-7,12-14,17-21H2,1-4H3,(H,56,62,63)(H2,52,54,55,57). The summed E-state index contributed by atoms with van der Waals surface area (Å²) in [6.45, 7) is 8.52. The van der Waals surface area contributed by atoms with Gasteiger partial charge in [0.15, 0.2) is 0 Å². The number of piperazine rings is 1. The van der Waals surface area contributed by atoms with Gasteiger partial charge in [0, 0.05) is 99.5 Å². The molecule has 6 aromatic rings. The number of anilines is 6. The van der Waals surface area contributed by atoms with Crippen molar-refractivity contribution in [3.05, 3.63) is 89.0 Å². The Bertz CT molecular complexity index is 3010. The number of hydrogen-bond acceptors (Lipinski definition) is 16. The minimum absolute atomic E-state index is 0.0787. The molecule has 2 saturated heterocycles. The zero-order valence-electron chi connectivity index (χ0n) is 38.1. The fourth-order valence-electron chi connectivity index (χ4n) is 8.98. The number of aryl methyl sites for hydroxylation is 1. The van der Waals surface area contributed by atoms with Crippen molar-refractivity contribution in [2.45, 2.75) is 38.1 Å². The molecule has 0 aliphatic carbocycles. The van der Waals surface area contributed by atoms with E-state index in [-0.39, 0.29) is 24.0 Å². The smallest absolute Gasteiger partial charge is 0.262 e. The van der Waals surface area contributed by atoms with E-state index in [0.29, 0.717) is 56.2 Å². The molecular formula is C47H51BrN13O6P. The number of piperidine rings is 1. The first kappa shape index (κ1) is 46.4. The number of amides is 4. The predicted octanol–water partition coefficient (Wildman–Crippen LogP) is 6.13. The third-order valence-electron chi connectivity index (χ3n) is 12.4. The lowest BCUT2D eigenvalue weighted by atomic mass is 10.0. The number of carbonyl (C=O) groups excluding carboxylic acids is 4. The Balaban J connectivity index is 0.813. The van der Waals surface area contributed by atoms with Crippen molar-refractivity contribution in [1.29, 1.82) is 0 Å². The minimum Gasteiger partial charge on any atom is -0.494 e. The largest absolute Gasteiger partial charge is 0.494 e. The van der Waals surface area contributed by atoms with Gasteiger partial charge in [-0.2, -0.15) is 10.1 Å². The van der Waals surface area contributed by atoms with E-state index in [4.69, 9.17) is 9.72 Å². The highest BCUT2D eigenvalue weighted by Gasteiger charge is 2.44. The van der Waals surface area contributed by atoms with Gasteiger partial charge in [-0.3, -0.25) is 48.9 Å². The molecule has 352 valence electrons. The molecule has 3 aromatic heterocycles. The highest BCUT2D eigenvalue weighted by atomic mass is 79.9. The second-order valence-electron chi connectivity index (χ2n) is 17.4. The monoisotopic (exact) mass is 1000 g/mol. The zero-order valence-corrected chi connectivity index (χ0v) is 40.6. The van der Waals surface area contributed by atoms with Gasteiger partial charge >= 0.3 is 0 Å². The number of carbonyl (C=O) groups is 4. The molecule has 3 aromatic carbocycles. The van der Waals surface area contributed by atoms with Crippen LogP contribution in [0.1, 0.15) is 52.8 Å². The topological polar surface area (TPSA) is 222 Å². The molecular weight excluding hydrogens is 953 g/mol. The number of fused-ring (bicyclic) bond motifs is 2. The molecule has 0 bridgehead atoms. The van der Waals surface area contributed by atoms with Crippen LogP contribution >= 0.6 is 23.1 Å². The summed E-state index contributed by atoms with van der Waals surface area (Å²) in [5.41, 5.74) is 6.73. The summed E-state index contributed by atoms with van der Waals surface area (Å²) in [5, 5.41) is 17.4. The van der Waals surface area contributed by atoms with E-state index in [1.54, 1.807) is 61.9 Å². The summed E-state index contributed by atoms with van der Waals surface area (Å²) in [5.74, 6) is -0.653. The van der Waals surface area contributed by atoms with Crippen LogP contribution < -0.4 is 36.2 Å². The van der Waals surface area contributed by atoms with E-state index in [1.165, 1.54) is 0 Å². The highest BCUT2D eigenvalue weighted by molar-refractivity contribution is 9.10. The van der Waals surface area contributed by atoms with Gasteiger partial charge in [0.25, 0.3) is 11.8 Å². The second kappa shape index (κ2) is 19.5. The summed E-state index contributed by atoms with van der Waals surface area (Å²) in [6.07, 6.45) is 11.9. The van der Waals surface area contributed by atoms with Gasteiger partial charge in [-0.15, -0.1) is 0 Å². The summed E-state index contributed by atoms with van der Waals surface area (Å²) < 4.78 is 22.0. The van der Waals surface area contributed by atoms with E-state index in [0.717, 1.165) is 79.4 Å². The Kier molecular flexibility index (Phi) is 13.3. The van der Waals surface area contributed by atoms with Gasteiger partial charge in [0.05, 0.1) is 51.1 Å². The van der Waals surface area contributed by atoms with Crippen LogP contribution in [0.2, 0.25) is 0 Å². The second-order valence-corrected chi connectivity index (χ2v) is 21.4. The summed E-state index contributed by atoms with van der Waals surface area (Å²) >= 11 is 3.59. The normalized spacial score (nSPS) is 16.6. The quantitative estimate of drug-likeness (QED) is 0.0486. The molecule has 21 heteroatoms. The lowest BCUT2D eigenvalue weighted by molar-refractivity contribution is -0.136. The van der Waals surface area contributed by atoms with Crippen LogP contribution in [0, 0.1) is 0 Å². The van der Waals surface area contributed by atoms with Crippen LogP contribution in [-0.4, -0.2) is 129 Å². The summed E-state index contributed by atoms with van der Waals surface area (Å²) in [4.78, 5) is 74.5. The molecule has 4 N–H and O–H groups in total. The maximum atomic E-state index is 13.6. The highest BCUT2D eigenvalue weighted by Crippen LogP contribution is 2.43. The van der Waals surface area contributed by atoms with Gasteiger partial charge in [-0.25, -0.2) is 4.98 Å². The maximum absolute atomic E-state index is 13.6. The first-order chi connectivity index (χ1) is 32.7. The molecule has 0 radical (unpaired) electrons. The Labute approximate surface area is 401 Å². The number of rotatable bonds is 16. The molecule has 2 fully saturated rings. The van der Waals surface area contributed by atoms with E-state index in [1.807, 2.05) is 37.6 Å². The van der Waals surface area contributed by atoms with Gasteiger partial charge in [-0.1, -0.05) is 6.42 Å². The Morgan fingerprint density at radius 1 is 0.868 bits per heavy atom. The number of nitrogens with zero attached hydrogens (tertiary/aromatic N) is 9. The number of methoxy groups -OCH3 is 1.